The molecule has 0 radical (unpaired) electrons. The minimum Gasteiger partial charge on any atom is -0.369 e. The van der Waals surface area contributed by atoms with Crippen LogP contribution in [0.3, 0.4) is 0 Å². The second-order valence-corrected chi connectivity index (χ2v) is 4.26. The fourth-order valence-electron chi connectivity index (χ4n) is 1.93. The monoisotopic (exact) mass is 238 g/mol. The number of benzene rings is 1. The van der Waals surface area contributed by atoms with Gasteiger partial charge in [0.15, 0.2) is 0 Å². The largest absolute Gasteiger partial charge is 0.369 e. The Morgan fingerprint density at radius 2 is 2.06 bits per heavy atom. The van der Waals surface area contributed by atoms with E-state index in [2.05, 4.69) is 18.7 Å². The first-order chi connectivity index (χ1) is 8.22. The summed E-state index contributed by atoms with van der Waals surface area (Å²) in [5.74, 6) is -0.131. The van der Waals surface area contributed by atoms with E-state index in [-0.39, 0.29) is 5.82 Å². The number of nitrogens with zero attached hydrogens (tertiary/aromatic N) is 1. The Morgan fingerprint density at radius 3 is 2.59 bits per heavy atom. The van der Waals surface area contributed by atoms with Crippen molar-refractivity contribution in [1.82, 2.24) is 0 Å². The molecule has 0 heterocycles. The molecule has 0 aliphatic rings. The molecule has 2 nitrogen and oxygen atoms in total. The summed E-state index contributed by atoms with van der Waals surface area (Å²) in [7, 11) is 0. The van der Waals surface area contributed by atoms with Gasteiger partial charge in [-0.05, 0) is 44.0 Å². The molecule has 17 heavy (non-hydrogen) atoms. The van der Waals surface area contributed by atoms with E-state index in [4.69, 9.17) is 5.73 Å². The highest BCUT2D eigenvalue weighted by Crippen LogP contribution is 2.21. The summed E-state index contributed by atoms with van der Waals surface area (Å²) in [4.78, 5) is 2.09. The van der Waals surface area contributed by atoms with E-state index >= 15 is 0 Å². The highest BCUT2D eigenvalue weighted by Gasteiger charge is 2.09. The third-order valence-corrected chi connectivity index (χ3v) is 2.95. The maximum absolute atomic E-state index is 14.0. The predicted molar refractivity (Wildman–Crippen MR) is 72.0 cm³/mol. The molecule has 96 valence electrons. The van der Waals surface area contributed by atoms with Crippen LogP contribution < -0.4 is 10.6 Å². The molecule has 0 spiro atoms. The summed E-state index contributed by atoms with van der Waals surface area (Å²) >= 11 is 0. The van der Waals surface area contributed by atoms with Gasteiger partial charge < -0.3 is 10.6 Å². The van der Waals surface area contributed by atoms with Crippen LogP contribution in [0.2, 0.25) is 0 Å². The Balaban J connectivity index is 2.81. The molecule has 0 saturated carbocycles. The van der Waals surface area contributed by atoms with E-state index in [9.17, 15) is 4.39 Å². The molecule has 0 atom stereocenters. The van der Waals surface area contributed by atoms with Crippen LogP contribution in [0.25, 0.3) is 0 Å². The second-order valence-electron chi connectivity index (χ2n) is 4.26. The third-order valence-electron chi connectivity index (χ3n) is 2.95. The highest BCUT2D eigenvalue weighted by molar-refractivity contribution is 5.49. The van der Waals surface area contributed by atoms with Gasteiger partial charge in [-0.2, -0.15) is 0 Å². The Bertz CT molecular complexity index is 339. The molecule has 0 amide bonds. The van der Waals surface area contributed by atoms with Crippen LogP contribution in [0, 0.1) is 5.82 Å². The summed E-state index contributed by atoms with van der Waals surface area (Å²) in [6.07, 6.45) is 2.96. The van der Waals surface area contributed by atoms with Crippen molar-refractivity contribution in [1.29, 1.82) is 0 Å². The summed E-state index contributed by atoms with van der Waals surface area (Å²) in [6.45, 7) is 6.52. The minimum atomic E-state index is -0.131. The first-order valence-corrected chi connectivity index (χ1v) is 6.46. The van der Waals surface area contributed by atoms with Crippen LogP contribution in [-0.4, -0.2) is 19.6 Å². The topological polar surface area (TPSA) is 29.3 Å². The lowest BCUT2D eigenvalue weighted by molar-refractivity contribution is 0.612. The maximum Gasteiger partial charge on any atom is 0.146 e. The van der Waals surface area contributed by atoms with Gasteiger partial charge in [0.25, 0.3) is 0 Å². The van der Waals surface area contributed by atoms with Crippen LogP contribution in [-0.2, 0) is 6.42 Å². The third kappa shape index (κ3) is 4.00. The summed E-state index contributed by atoms with van der Waals surface area (Å²) in [5, 5.41) is 0. The van der Waals surface area contributed by atoms with E-state index in [1.54, 1.807) is 6.07 Å². The fraction of sp³-hybridized carbons (Fsp3) is 0.571. The molecule has 3 heteroatoms. The summed E-state index contributed by atoms with van der Waals surface area (Å²) in [6, 6.07) is 5.45. The Morgan fingerprint density at radius 1 is 1.29 bits per heavy atom. The number of unbranched alkanes of at least 4 members (excludes halogenated alkanes) is 1. The lowest BCUT2D eigenvalue weighted by Gasteiger charge is -2.23. The Kier molecular flexibility index (Phi) is 5.98. The van der Waals surface area contributed by atoms with Crippen LogP contribution in [0.15, 0.2) is 18.2 Å². The Hall–Kier alpha value is -1.09. The molecule has 1 aromatic rings. The van der Waals surface area contributed by atoms with Crippen molar-refractivity contribution in [2.75, 3.05) is 24.5 Å². The molecule has 0 aromatic heterocycles. The zero-order valence-electron chi connectivity index (χ0n) is 10.9. The fourth-order valence-corrected chi connectivity index (χ4v) is 1.93. The van der Waals surface area contributed by atoms with Gasteiger partial charge in [-0.15, -0.1) is 0 Å². The van der Waals surface area contributed by atoms with Gasteiger partial charge in [0, 0.05) is 13.1 Å². The minimum absolute atomic E-state index is 0.131. The molecule has 2 N–H and O–H groups in total. The molecule has 1 aromatic carbocycles. The highest BCUT2D eigenvalue weighted by atomic mass is 19.1. The zero-order chi connectivity index (χ0) is 12.7. The average molecular weight is 238 g/mol. The maximum atomic E-state index is 14.0. The van der Waals surface area contributed by atoms with Gasteiger partial charge in [0.1, 0.15) is 5.82 Å². The molecule has 1 rings (SSSR count). The molecule has 0 aliphatic heterocycles. The van der Waals surface area contributed by atoms with E-state index in [0.29, 0.717) is 12.2 Å². The second kappa shape index (κ2) is 7.28. The van der Waals surface area contributed by atoms with Gasteiger partial charge in [-0.3, -0.25) is 0 Å². The molecular weight excluding hydrogens is 215 g/mol. The lowest BCUT2D eigenvalue weighted by Crippen LogP contribution is -2.24. The van der Waals surface area contributed by atoms with Crippen molar-refractivity contribution < 1.29 is 4.39 Å². The zero-order valence-corrected chi connectivity index (χ0v) is 10.9. The number of rotatable bonds is 7. The average Bonchev–Trinajstić information content (AvgIpc) is 2.32. The predicted octanol–water partition coefficient (Wildman–Crippen LogP) is 2.95. The number of halogens is 1. The van der Waals surface area contributed by atoms with Crippen molar-refractivity contribution >= 4 is 5.69 Å². The van der Waals surface area contributed by atoms with Crippen molar-refractivity contribution in [2.45, 2.75) is 33.1 Å². The van der Waals surface area contributed by atoms with Crippen molar-refractivity contribution in [3.8, 4) is 0 Å². The van der Waals surface area contributed by atoms with E-state index in [1.165, 1.54) is 0 Å². The molecule has 0 unspecified atom stereocenters. The van der Waals surface area contributed by atoms with E-state index in [0.717, 1.165) is 37.9 Å². The van der Waals surface area contributed by atoms with Crippen LogP contribution in [0.5, 0.6) is 0 Å². The molecule has 0 bridgehead atoms. The van der Waals surface area contributed by atoms with Crippen molar-refractivity contribution in [2.24, 2.45) is 5.73 Å². The van der Waals surface area contributed by atoms with E-state index < -0.39 is 0 Å². The van der Waals surface area contributed by atoms with Gasteiger partial charge in [-0.1, -0.05) is 19.4 Å². The number of hydrogen-bond acceptors (Lipinski definition) is 2. The molecule has 0 fully saturated rings. The normalized spacial score (nSPS) is 10.6. The number of anilines is 1. The Labute approximate surface area is 104 Å². The first-order valence-electron chi connectivity index (χ1n) is 6.46. The molecule has 0 saturated heterocycles. The van der Waals surface area contributed by atoms with Crippen molar-refractivity contribution in [3.05, 3.63) is 29.6 Å². The van der Waals surface area contributed by atoms with Crippen LogP contribution in [0.4, 0.5) is 10.1 Å². The lowest BCUT2D eigenvalue weighted by atomic mass is 10.1. The van der Waals surface area contributed by atoms with Gasteiger partial charge in [-0.25, -0.2) is 4.39 Å². The number of nitrogens with two attached hydrogens (primary N) is 1. The first kappa shape index (κ1) is 14.0. The van der Waals surface area contributed by atoms with Gasteiger partial charge in [0.05, 0.1) is 5.69 Å². The van der Waals surface area contributed by atoms with Crippen LogP contribution >= 0.6 is 0 Å². The molecular formula is C14H23FN2. The van der Waals surface area contributed by atoms with Gasteiger partial charge in [0.2, 0.25) is 0 Å². The van der Waals surface area contributed by atoms with E-state index in [1.807, 2.05) is 12.1 Å². The van der Waals surface area contributed by atoms with Gasteiger partial charge >= 0.3 is 0 Å². The quantitative estimate of drug-likeness (QED) is 0.791. The van der Waals surface area contributed by atoms with Crippen molar-refractivity contribution in [3.63, 3.8) is 0 Å². The summed E-state index contributed by atoms with van der Waals surface area (Å²) in [5.41, 5.74) is 7.15. The summed E-state index contributed by atoms with van der Waals surface area (Å²) < 4.78 is 14.0. The molecule has 0 aliphatic carbocycles. The van der Waals surface area contributed by atoms with Crippen LogP contribution in [0.1, 0.15) is 32.3 Å². The standard InChI is InChI=1S/C14H23FN2/c1-3-5-10-17(4-2)14-7-6-12(8-9-16)11-13(14)15/h6-7,11H,3-5,8-10,16H2,1-2H3. The SMILES string of the molecule is CCCCN(CC)c1ccc(CCN)cc1F. The number of hydrogen-bond donors (Lipinski definition) is 1. The smallest absolute Gasteiger partial charge is 0.146 e.